The molecule has 0 fully saturated rings. The van der Waals surface area contributed by atoms with E-state index in [1.807, 2.05) is 0 Å². The molecule has 3 heterocycles. The van der Waals surface area contributed by atoms with E-state index in [4.69, 9.17) is 5.11 Å². The number of carboxylic acids is 1. The molecule has 0 saturated carbocycles. The molecule has 0 bridgehead atoms. The molecule has 19 heavy (non-hydrogen) atoms. The van der Waals surface area contributed by atoms with Gasteiger partial charge in [0, 0.05) is 18.3 Å². The van der Waals surface area contributed by atoms with Crippen LogP contribution in [0.15, 0.2) is 45.0 Å². The molecule has 1 aromatic heterocycles. The van der Waals surface area contributed by atoms with Crippen molar-refractivity contribution in [3.8, 4) is 11.8 Å². The summed E-state index contributed by atoms with van der Waals surface area (Å²) in [6.45, 7) is 0. The van der Waals surface area contributed by atoms with Crippen LogP contribution in [0.5, 0.6) is 11.8 Å². The SMILES string of the molecule is O=C(O)C1=C(SC2=NC=C2)C(n2c(O)ccc2O)=N1. The lowest BCUT2D eigenvalue weighted by Crippen LogP contribution is -2.25. The fourth-order valence-electron chi connectivity index (χ4n) is 1.58. The van der Waals surface area contributed by atoms with Gasteiger partial charge in [0.25, 0.3) is 0 Å². The minimum Gasteiger partial charge on any atom is -0.494 e. The van der Waals surface area contributed by atoms with Gasteiger partial charge in [-0.25, -0.2) is 19.3 Å². The van der Waals surface area contributed by atoms with Gasteiger partial charge in [-0.05, 0) is 6.08 Å². The maximum Gasteiger partial charge on any atom is 0.355 e. The topological polar surface area (TPSA) is 107 Å². The molecule has 0 saturated heterocycles. The second-order valence-electron chi connectivity index (χ2n) is 3.69. The Hall–Kier alpha value is -2.48. The predicted octanol–water partition coefficient (Wildman–Crippen LogP) is 1.11. The molecular formula is C11H7N3O4S. The highest BCUT2D eigenvalue weighted by atomic mass is 32.2. The van der Waals surface area contributed by atoms with Crippen LogP contribution in [0.3, 0.4) is 0 Å². The number of hydrogen-bond acceptors (Lipinski definition) is 6. The summed E-state index contributed by atoms with van der Waals surface area (Å²) in [5.74, 6) is -1.42. The van der Waals surface area contributed by atoms with Crippen molar-refractivity contribution in [2.24, 2.45) is 9.98 Å². The summed E-state index contributed by atoms with van der Waals surface area (Å²) in [4.78, 5) is 19.1. The molecule has 1 aromatic rings. The van der Waals surface area contributed by atoms with Crippen LogP contribution in [0.4, 0.5) is 0 Å². The molecule has 2 aliphatic heterocycles. The minimum atomic E-state index is -1.17. The van der Waals surface area contributed by atoms with Gasteiger partial charge in [0.15, 0.2) is 23.3 Å². The van der Waals surface area contributed by atoms with Gasteiger partial charge in [-0.3, -0.25) is 0 Å². The Balaban J connectivity index is 1.95. The van der Waals surface area contributed by atoms with Crippen LogP contribution in [0.1, 0.15) is 0 Å². The average molecular weight is 277 g/mol. The minimum absolute atomic E-state index is 0.115. The van der Waals surface area contributed by atoms with Crippen molar-refractivity contribution in [2.45, 2.75) is 0 Å². The van der Waals surface area contributed by atoms with Crippen LogP contribution in [-0.2, 0) is 4.79 Å². The number of carboxylic acid groups (broad SMARTS) is 1. The first-order valence-corrected chi connectivity index (χ1v) is 5.98. The van der Waals surface area contributed by atoms with E-state index in [-0.39, 0.29) is 23.3 Å². The van der Waals surface area contributed by atoms with E-state index in [0.29, 0.717) is 9.95 Å². The summed E-state index contributed by atoms with van der Waals surface area (Å²) in [5, 5.41) is 28.9. The van der Waals surface area contributed by atoms with E-state index < -0.39 is 5.97 Å². The predicted molar refractivity (Wildman–Crippen MR) is 69.4 cm³/mol. The van der Waals surface area contributed by atoms with Gasteiger partial charge in [-0.15, -0.1) is 0 Å². The maximum absolute atomic E-state index is 11.0. The molecule has 3 rings (SSSR count). The largest absolute Gasteiger partial charge is 0.494 e. The fourth-order valence-corrected chi connectivity index (χ4v) is 2.49. The second-order valence-corrected chi connectivity index (χ2v) is 4.72. The van der Waals surface area contributed by atoms with Crippen molar-refractivity contribution < 1.29 is 20.1 Å². The number of aromatic hydroxyl groups is 2. The number of rotatable bonds is 2. The number of aromatic nitrogens is 1. The van der Waals surface area contributed by atoms with E-state index in [1.165, 1.54) is 12.1 Å². The first-order valence-electron chi connectivity index (χ1n) is 5.17. The molecule has 0 aliphatic carbocycles. The van der Waals surface area contributed by atoms with Crippen molar-refractivity contribution in [1.29, 1.82) is 0 Å². The number of hydrogen-bond donors (Lipinski definition) is 3. The number of thioether (sulfide) groups is 1. The lowest BCUT2D eigenvalue weighted by atomic mass is 10.3. The number of aliphatic carboxylic acids is 1. The Labute approximate surface area is 110 Å². The molecule has 8 heteroatoms. The zero-order valence-corrected chi connectivity index (χ0v) is 10.1. The van der Waals surface area contributed by atoms with Crippen molar-refractivity contribution in [3.63, 3.8) is 0 Å². The molecule has 0 atom stereocenters. The Bertz CT molecular complexity index is 692. The molecule has 0 spiro atoms. The summed E-state index contributed by atoms with van der Waals surface area (Å²) in [6.07, 6.45) is 3.31. The summed E-state index contributed by atoms with van der Waals surface area (Å²) >= 11 is 1.12. The monoisotopic (exact) mass is 277 g/mol. The van der Waals surface area contributed by atoms with Gasteiger partial charge in [-0.1, -0.05) is 11.8 Å². The Kier molecular flexibility index (Phi) is 2.46. The van der Waals surface area contributed by atoms with E-state index in [1.54, 1.807) is 12.3 Å². The summed E-state index contributed by atoms with van der Waals surface area (Å²) < 4.78 is 1.07. The fraction of sp³-hybridized carbons (Fsp3) is 0. The highest BCUT2D eigenvalue weighted by Gasteiger charge is 2.33. The highest BCUT2D eigenvalue weighted by Crippen LogP contribution is 2.37. The van der Waals surface area contributed by atoms with Gasteiger partial charge < -0.3 is 15.3 Å². The van der Waals surface area contributed by atoms with Crippen molar-refractivity contribution in [2.75, 3.05) is 0 Å². The smallest absolute Gasteiger partial charge is 0.355 e. The zero-order valence-electron chi connectivity index (χ0n) is 9.31. The lowest BCUT2D eigenvalue weighted by Gasteiger charge is -2.22. The number of carbonyl (C=O) groups is 1. The molecule has 0 aromatic carbocycles. The zero-order chi connectivity index (χ0) is 13.6. The van der Waals surface area contributed by atoms with Gasteiger partial charge in [0.1, 0.15) is 5.04 Å². The van der Waals surface area contributed by atoms with Gasteiger partial charge in [0.2, 0.25) is 0 Å². The summed E-state index contributed by atoms with van der Waals surface area (Å²) in [5.41, 5.74) is -0.115. The third-order valence-corrected chi connectivity index (χ3v) is 3.55. The maximum atomic E-state index is 11.0. The molecule has 7 nitrogen and oxygen atoms in total. The Morgan fingerprint density at radius 2 is 1.89 bits per heavy atom. The highest BCUT2D eigenvalue weighted by molar-refractivity contribution is 8.18. The molecule has 2 aliphatic rings. The summed E-state index contributed by atoms with van der Waals surface area (Å²) in [7, 11) is 0. The number of allylic oxidation sites excluding steroid dienone is 1. The molecule has 96 valence electrons. The first-order chi connectivity index (χ1) is 9.08. The third-order valence-electron chi connectivity index (χ3n) is 2.52. The first kappa shape index (κ1) is 11.6. The quantitative estimate of drug-likeness (QED) is 0.750. The van der Waals surface area contributed by atoms with Crippen LogP contribution in [0, 0.1) is 0 Å². The normalized spacial score (nSPS) is 16.6. The Morgan fingerprint density at radius 1 is 1.26 bits per heavy atom. The molecular weight excluding hydrogens is 270 g/mol. The van der Waals surface area contributed by atoms with Crippen LogP contribution in [0.2, 0.25) is 0 Å². The van der Waals surface area contributed by atoms with Crippen LogP contribution >= 0.6 is 11.8 Å². The number of nitrogens with zero attached hydrogens (tertiary/aromatic N) is 3. The van der Waals surface area contributed by atoms with Gasteiger partial charge in [-0.2, -0.15) is 0 Å². The van der Waals surface area contributed by atoms with Crippen LogP contribution in [-0.4, -0.2) is 36.7 Å². The summed E-state index contributed by atoms with van der Waals surface area (Å²) in [6, 6.07) is 2.58. The lowest BCUT2D eigenvalue weighted by molar-refractivity contribution is -0.132. The van der Waals surface area contributed by atoms with Crippen molar-refractivity contribution in [1.82, 2.24) is 4.57 Å². The van der Waals surface area contributed by atoms with E-state index in [9.17, 15) is 15.0 Å². The van der Waals surface area contributed by atoms with Crippen LogP contribution < -0.4 is 0 Å². The molecule has 0 unspecified atom stereocenters. The molecule has 3 N–H and O–H groups in total. The van der Waals surface area contributed by atoms with Crippen LogP contribution in [0.25, 0.3) is 0 Å². The van der Waals surface area contributed by atoms with Crippen molar-refractivity contribution in [3.05, 3.63) is 35.0 Å². The van der Waals surface area contributed by atoms with Gasteiger partial charge >= 0.3 is 5.97 Å². The van der Waals surface area contributed by atoms with Crippen molar-refractivity contribution >= 4 is 28.6 Å². The Morgan fingerprint density at radius 3 is 2.37 bits per heavy atom. The molecule has 0 amide bonds. The van der Waals surface area contributed by atoms with E-state index in [0.717, 1.165) is 16.3 Å². The van der Waals surface area contributed by atoms with E-state index >= 15 is 0 Å². The third kappa shape index (κ3) is 1.73. The standard InChI is InChI=1S/C11H7N3O4S/c15-6-1-2-7(16)14(6)10-9(8(13-10)11(17)18)19-5-3-4-12-5/h1-4,15-16H,(H,17,18). The number of aliphatic imine (C=N–C) groups is 2. The van der Waals surface area contributed by atoms with E-state index in [2.05, 4.69) is 9.98 Å². The average Bonchev–Trinajstić information content (AvgIpc) is 2.57. The second kappa shape index (κ2) is 4.02. The molecule has 0 radical (unpaired) electrons. The van der Waals surface area contributed by atoms with Gasteiger partial charge in [0.05, 0.1) is 4.91 Å².